The minimum Gasteiger partial charge on any atom is -0.497 e. The summed E-state index contributed by atoms with van der Waals surface area (Å²) in [5, 5.41) is 3.04. The third kappa shape index (κ3) is 5.05. The maximum atomic E-state index is 13.7. The van der Waals surface area contributed by atoms with Gasteiger partial charge in [0, 0.05) is 7.11 Å². The molecule has 2 unspecified atom stereocenters. The topological polar surface area (TPSA) is 84.9 Å². The van der Waals surface area contributed by atoms with Gasteiger partial charge in [-0.2, -0.15) is 4.31 Å². The molecule has 0 radical (unpaired) electrons. The molecule has 2 atom stereocenters. The van der Waals surface area contributed by atoms with Gasteiger partial charge >= 0.3 is 0 Å². The molecule has 0 fully saturated rings. The second kappa shape index (κ2) is 9.87. The lowest BCUT2D eigenvalue weighted by atomic mass is 9.91. The number of rotatable bonds is 8. The zero-order valence-electron chi connectivity index (χ0n) is 18.0. The molecule has 0 aromatic heterocycles. The summed E-state index contributed by atoms with van der Waals surface area (Å²) in [6.45, 7) is 1.28. The number of ether oxygens (including phenoxy) is 2. The number of halogens is 1. The van der Waals surface area contributed by atoms with Crippen molar-refractivity contribution < 1.29 is 22.7 Å². The van der Waals surface area contributed by atoms with Crippen LogP contribution in [0.2, 0.25) is 5.02 Å². The lowest BCUT2D eigenvalue weighted by molar-refractivity contribution is -0.117. The van der Waals surface area contributed by atoms with E-state index in [9.17, 15) is 13.2 Å². The van der Waals surface area contributed by atoms with Crippen LogP contribution in [0.5, 0.6) is 0 Å². The van der Waals surface area contributed by atoms with Crippen LogP contribution < -0.4 is 5.32 Å². The average molecular weight is 477 g/mol. The lowest BCUT2D eigenvalue weighted by Gasteiger charge is -2.40. The number of carbonyl (C=O) groups excluding carboxylic acids is 1. The number of anilines is 1. The molecule has 32 heavy (non-hydrogen) atoms. The summed E-state index contributed by atoms with van der Waals surface area (Å²) in [5.74, 6) is -0.0812. The number of nitrogens with one attached hydrogen (secondary N) is 1. The predicted molar refractivity (Wildman–Crippen MR) is 124 cm³/mol. The van der Waals surface area contributed by atoms with Crippen LogP contribution in [0, 0.1) is 0 Å². The van der Waals surface area contributed by atoms with Crippen molar-refractivity contribution in [2.24, 2.45) is 0 Å². The summed E-state index contributed by atoms with van der Waals surface area (Å²) < 4.78 is 39.4. The highest BCUT2D eigenvalue weighted by atomic mass is 35.5. The van der Waals surface area contributed by atoms with Crippen LogP contribution >= 0.6 is 11.6 Å². The number of benzene rings is 2. The fourth-order valence-electron chi connectivity index (χ4n) is 3.37. The fourth-order valence-corrected chi connectivity index (χ4v) is 5.18. The van der Waals surface area contributed by atoms with Gasteiger partial charge in [0.2, 0.25) is 15.9 Å². The van der Waals surface area contributed by atoms with Gasteiger partial charge in [-0.15, -0.1) is 0 Å². The van der Waals surface area contributed by atoms with E-state index in [1.807, 2.05) is 0 Å². The summed E-state index contributed by atoms with van der Waals surface area (Å²) in [6.07, 6.45) is 5.06. The van der Waals surface area contributed by atoms with Gasteiger partial charge in [0.25, 0.3) is 0 Å². The number of amides is 1. The van der Waals surface area contributed by atoms with Gasteiger partial charge < -0.3 is 14.8 Å². The molecule has 1 N–H and O–H groups in total. The van der Waals surface area contributed by atoms with Gasteiger partial charge in [-0.3, -0.25) is 4.79 Å². The van der Waals surface area contributed by atoms with Gasteiger partial charge in [-0.05, 0) is 49.4 Å². The molecule has 9 heteroatoms. The number of hydrogen-bond donors (Lipinski definition) is 1. The zero-order valence-corrected chi connectivity index (χ0v) is 19.6. The number of nitrogens with zero attached hydrogens (tertiary/aromatic N) is 1. The molecule has 2 aromatic carbocycles. The van der Waals surface area contributed by atoms with Crippen molar-refractivity contribution in [3.8, 4) is 0 Å². The van der Waals surface area contributed by atoms with E-state index in [2.05, 4.69) is 5.32 Å². The normalized spacial score (nSPS) is 20.7. The Kier molecular flexibility index (Phi) is 7.40. The maximum absolute atomic E-state index is 13.7. The van der Waals surface area contributed by atoms with Gasteiger partial charge in [0.05, 0.1) is 35.3 Å². The molecular weight excluding hydrogens is 452 g/mol. The molecule has 0 spiro atoms. The number of sulfonamides is 1. The second-order valence-corrected chi connectivity index (χ2v) is 9.63. The van der Waals surface area contributed by atoms with Crippen LogP contribution in [0.4, 0.5) is 5.69 Å². The van der Waals surface area contributed by atoms with Crippen molar-refractivity contribution >= 4 is 33.2 Å². The average Bonchev–Trinajstić information content (AvgIpc) is 2.80. The first-order chi connectivity index (χ1) is 15.2. The van der Waals surface area contributed by atoms with Crippen LogP contribution in [0.1, 0.15) is 6.92 Å². The predicted octanol–water partition coefficient (Wildman–Crippen LogP) is 3.84. The molecule has 2 aromatic rings. The van der Waals surface area contributed by atoms with E-state index in [0.717, 1.165) is 4.31 Å². The van der Waals surface area contributed by atoms with Crippen molar-refractivity contribution in [2.45, 2.75) is 23.5 Å². The van der Waals surface area contributed by atoms with Gasteiger partial charge in [0.1, 0.15) is 11.4 Å². The number of methoxy groups -OCH3 is 2. The fraction of sp³-hybridized carbons (Fsp3) is 0.261. The van der Waals surface area contributed by atoms with Crippen LogP contribution in [-0.4, -0.2) is 51.0 Å². The molecular formula is C23H25ClN2O5S. The quantitative estimate of drug-likeness (QED) is 0.625. The molecule has 0 heterocycles. The Bertz CT molecular complexity index is 1130. The van der Waals surface area contributed by atoms with E-state index in [4.69, 9.17) is 21.1 Å². The van der Waals surface area contributed by atoms with Crippen LogP contribution in [0.15, 0.2) is 83.5 Å². The number of allylic oxidation sites excluding steroid dienone is 1. The number of hydrogen-bond acceptors (Lipinski definition) is 5. The highest BCUT2D eigenvalue weighted by molar-refractivity contribution is 7.89. The van der Waals surface area contributed by atoms with Crippen LogP contribution in [0.3, 0.4) is 0 Å². The summed E-state index contributed by atoms with van der Waals surface area (Å²) >= 11 is 6.14. The van der Waals surface area contributed by atoms with Gasteiger partial charge in [-0.1, -0.05) is 41.9 Å². The van der Waals surface area contributed by atoms with Crippen molar-refractivity contribution in [1.82, 2.24) is 4.31 Å². The first-order valence-corrected chi connectivity index (χ1v) is 11.6. The Morgan fingerprint density at radius 1 is 1.12 bits per heavy atom. The van der Waals surface area contributed by atoms with Crippen LogP contribution in [0.25, 0.3) is 0 Å². The Balaban J connectivity index is 2.03. The zero-order chi connectivity index (χ0) is 23.4. The Morgan fingerprint density at radius 2 is 1.78 bits per heavy atom. The minimum absolute atomic E-state index is 0.0610. The summed E-state index contributed by atoms with van der Waals surface area (Å²) in [4.78, 5) is 13.0. The molecule has 0 saturated heterocycles. The maximum Gasteiger partial charge on any atom is 0.244 e. The molecule has 1 aliphatic carbocycles. The first kappa shape index (κ1) is 24.0. The molecule has 1 aliphatic rings. The van der Waals surface area contributed by atoms with Crippen molar-refractivity contribution in [2.75, 3.05) is 26.1 Å². The van der Waals surface area contributed by atoms with Crippen molar-refractivity contribution in [3.63, 3.8) is 0 Å². The largest absolute Gasteiger partial charge is 0.497 e. The molecule has 0 bridgehead atoms. The van der Waals surface area contributed by atoms with E-state index >= 15 is 0 Å². The molecule has 3 rings (SSSR count). The van der Waals surface area contributed by atoms with Crippen molar-refractivity contribution in [3.05, 3.63) is 83.6 Å². The van der Waals surface area contributed by atoms with Crippen LogP contribution in [-0.2, 0) is 24.3 Å². The molecule has 0 aliphatic heterocycles. The van der Waals surface area contributed by atoms with Crippen molar-refractivity contribution in [1.29, 1.82) is 0 Å². The standard InChI is InChI=1S/C23H25ClN2O5S/c1-23(31-3)14-13-17(30-2)15-21(23)26(32(28,29)18-9-5-4-6-10-18)16-22(27)25-20-12-8-7-11-19(20)24/h4-15,21H,16H2,1-3H3,(H,25,27). The van der Waals surface area contributed by atoms with Gasteiger partial charge in [0.15, 0.2) is 0 Å². The third-order valence-corrected chi connectivity index (χ3v) is 7.44. The Labute approximate surface area is 193 Å². The molecule has 7 nitrogen and oxygen atoms in total. The molecule has 1 amide bonds. The summed E-state index contributed by atoms with van der Waals surface area (Å²) in [5.41, 5.74) is -0.642. The Hall–Kier alpha value is -2.65. The second-order valence-electron chi connectivity index (χ2n) is 7.33. The lowest BCUT2D eigenvalue weighted by Crippen LogP contribution is -2.55. The monoisotopic (exact) mass is 476 g/mol. The summed E-state index contributed by atoms with van der Waals surface area (Å²) in [6, 6.07) is 13.8. The van der Waals surface area contributed by atoms with E-state index in [1.54, 1.807) is 67.6 Å². The highest BCUT2D eigenvalue weighted by Gasteiger charge is 2.44. The number of para-hydroxylation sites is 1. The number of carbonyl (C=O) groups is 1. The van der Waals surface area contributed by atoms with E-state index in [-0.39, 0.29) is 4.90 Å². The Morgan fingerprint density at radius 3 is 2.41 bits per heavy atom. The molecule has 0 saturated carbocycles. The smallest absolute Gasteiger partial charge is 0.244 e. The van der Waals surface area contributed by atoms with E-state index in [0.29, 0.717) is 16.5 Å². The highest BCUT2D eigenvalue weighted by Crippen LogP contribution is 2.32. The van der Waals surface area contributed by atoms with Gasteiger partial charge in [-0.25, -0.2) is 8.42 Å². The van der Waals surface area contributed by atoms with E-state index in [1.165, 1.54) is 26.4 Å². The SMILES string of the molecule is COC1=CC(N(CC(=O)Nc2ccccc2Cl)S(=O)(=O)c2ccccc2)C(C)(OC)C=C1. The minimum atomic E-state index is -4.09. The van der Waals surface area contributed by atoms with E-state index < -0.39 is 34.1 Å². The third-order valence-electron chi connectivity index (χ3n) is 5.27. The molecule has 170 valence electrons. The first-order valence-electron chi connectivity index (χ1n) is 9.83. The summed E-state index contributed by atoms with van der Waals surface area (Å²) in [7, 11) is -1.11.